The minimum Gasteiger partial charge on any atom is -0.455 e. The molecule has 6 heteroatoms. The van der Waals surface area contributed by atoms with E-state index in [0.717, 1.165) is 12.1 Å². The van der Waals surface area contributed by atoms with Crippen LogP contribution in [0.1, 0.15) is 30.0 Å². The summed E-state index contributed by atoms with van der Waals surface area (Å²) in [5, 5.41) is 0. The third-order valence-electron chi connectivity index (χ3n) is 3.18. The first kappa shape index (κ1) is 12.8. The Hall–Kier alpha value is -2.24. The molecule has 0 atom stereocenters. The number of benzene rings is 1. The van der Waals surface area contributed by atoms with Gasteiger partial charge in [0.15, 0.2) is 17.3 Å². The zero-order chi connectivity index (χ0) is 14.5. The van der Waals surface area contributed by atoms with Crippen molar-refractivity contribution in [2.75, 3.05) is 0 Å². The number of hydrogen-bond acceptors (Lipinski definition) is 3. The minimum atomic E-state index is -0.977. The molecule has 1 aromatic heterocycles. The lowest BCUT2D eigenvalue weighted by molar-refractivity contribution is -0.00796. The van der Waals surface area contributed by atoms with Gasteiger partial charge in [-0.1, -0.05) is 0 Å². The molecular formula is C14H12F2N2O2. The molecule has 0 amide bonds. The van der Waals surface area contributed by atoms with Crippen molar-refractivity contribution in [3.8, 4) is 5.69 Å². The predicted molar refractivity (Wildman–Crippen MR) is 66.7 cm³/mol. The molecule has 0 saturated carbocycles. The summed E-state index contributed by atoms with van der Waals surface area (Å²) in [5.41, 5.74) is 0.567. The van der Waals surface area contributed by atoms with Crippen molar-refractivity contribution in [2.45, 2.75) is 25.9 Å². The highest BCUT2D eigenvalue weighted by Crippen LogP contribution is 2.28. The fourth-order valence-electron chi connectivity index (χ4n) is 2.30. The highest BCUT2D eigenvalue weighted by molar-refractivity contribution is 5.91. The van der Waals surface area contributed by atoms with Crippen molar-refractivity contribution in [3.05, 3.63) is 47.5 Å². The Kier molecular flexibility index (Phi) is 2.64. The van der Waals surface area contributed by atoms with Gasteiger partial charge >= 0.3 is 5.97 Å². The molecule has 0 spiro atoms. The summed E-state index contributed by atoms with van der Waals surface area (Å²) in [4.78, 5) is 16.2. The molecule has 3 rings (SSSR count). The molecule has 4 nitrogen and oxygen atoms in total. The molecule has 0 bridgehead atoms. The van der Waals surface area contributed by atoms with Crippen molar-refractivity contribution in [1.82, 2.24) is 9.55 Å². The smallest absolute Gasteiger partial charge is 0.357 e. The largest absolute Gasteiger partial charge is 0.455 e. The lowest BCUT2D eigenvalue weighted by atomic mass is 9.98. The maximum atomic E-state index is 13.3. The fourth-order valence-corrected chi connectivity index (χ4v) is 2.30. The summed E-state index contributed by atoms with van der Waals surface area (Å²) < 4.78 is 33.0. The molecule has 1 aliphatic heterocycles. The molecule has 0 aliphatic carbocycles. The molecule has 0 unspecified atom stereocenters. The van der Waals surface area contributed by atoms with Gasteiger partial charge in [-0.15, -0.1) is 0 Å². The van der Waals surface area contributed by atoms with E-state index < -0.39 is 23.2 Å². The quantitative estimate of drug-likeness (QED) is 0.753. The Bertz CT molecular complexity index is 707. The van der Waals surface area contributed by atoms with Gasteiger partial charge in [0.25, 0.3) is 0 Å². The van der Waals surface area contributed by atoms with Gasteiger partial charge in [0.2, 0.25) is 0 Å². The van der Waals surface area contributed by atoms with Crippen LogP contribution >= 0.6 is 0 Å². The van der Waals surface area contributed by atoms with Crippen LogP contribution in [0.2, 0.25) is 0 Å². The van der Waals surface area contributed by atoms with Crippen LogP contribution in [0.15, 0.2) is 24.5 Å². The summed E-state index contributed by atoms with van der Waals surface area (Å²) in [6, 6.07) is 3.41. The van der Waals surface area contributed by atoms with Crippen molar-refractivity contribution in [3.63, 3.8) is 0 Å². The number of carbonyl (C=O) groups excluding carboxylic acids is 1. The average molecular weight is 278 g/mol. The van der Waals surface area contributed by atoms with Crippen molar-refractivity contribution < 1.29 is 18.3 Å². The SMILES string of the molecule is CC1(C)Cc2ncn(-c3ccc(F)c(F)c3)c2C(=O)O1. The first-order valence-electron chi connectivity index (χ1n) is 6.12. The number of fused-ring (bicyclic) bond motifs is 1. The third-order valence-corrected chi connectivity index (χ3v) is 3.18. The lowest BCUT2D eigenvalue weighted by Gasteiger charge is -2.29. The van der Waals surface area contributed by atoms with Crippen LogP contribution < -0.4 is 0 Å². The van der Waals surface area contributed by atoms with Gasteiger partial charge in [0.05, 0.1) is 11.4 Å². The van der Waals surface area contributed by atoms with Crippen molar-refractivity contribution >= 4 is 5.97 Å². The highest BCUT2D eigenvalue weighted by atomic mass is 19.2. The van der Waals surface area contributed by atoms with Gasteiger partial charge in [-0.25, -0.2) is 18.6 Å². The van der Waals surface area contributed by atoms with Crippen LogP contribution in [0.3, 0.4) is 0 Å². The molecular weight excluding hydrogens is 266 g/mol. The number of halogens is 2. The number of imidazole rings is 1. The summed E-state index contributed by atoms with van der Waals surface area (Å²) >= 11 is 0. The van der Waals surface area contributed by atoms with E-state index in [1.54, 1.807) is 13.8 Å². The van der Waals surface area contributed by atoms with E-state index in [1.165, 1.54) is 17.0 Å². The molecule has 1 aromatic carbocycles. The van der Waals surface area contributed by atoms with Gasteiger partial charge in [-0.05, 0) is 26.0 Å². The maximum Gasteiger partial charge on any atom is 0.357 e. The van der Waals surface area contributed by atoms with E-state index in [-0.39, 0.29) is 5.69 Å². The third kappa shape index (κ3) is 1.97. The fraction of sp³-hybridized carbons (Fsp3) is 0.286. The van der Waals surface area contributed by atoms with E-state index >= 15 is 0 Å². The summed E-state index contributed by atoms with van der Waals surface area (Å²) in [5.74, 6) is -2.43. The van der Waals surface area contributed by atoms with Crippen LogP contribution in [0.4, 0.5) is 8.78 Å². The Balaban J connectivity index is 2.11. The zero-order valence-electron chi connectivity index (χ0n) is 11.0. The predicted octanol–water partition coefficient (Wildman–Crippen LogP) is 2.64. The van der Waals surface area contributed by atoms with Crippen LogP contribution in [0.25, 0.3) is 5.69 Å². The molecule has 0 saturated heterocycles. The zero-order valence-corrected chi connectivity index (χ0v) is 11.0. The molecule has 104 valence electrons. The number of aromatic nitrogens is 2. The van der Waals surface area contributed by atoms with Gasteiger partial charge < -0.3 is 4.74 Å². The lowest BCUT2D eigenvalue weighted by Crippen LogP contribution is -2.36. The van der Waals surface area contributed by atoms with E-state index in [9.17, 15) is 13.6 Å². The molecule has 0 N–H and O–H groups in total. The maximum absolute atomic E-state index is 13.3. The first-order valence-corrected chi connectivity index (χ1v) is 6.12. The van der Waals surface area contributed by atoms with Gasteiger partial charge in [-0.3, -0.25) is 4.57 Å². The van der Waals surface area contributed by atoms with Crippen LogP contribution in [0, 0.1) is 11.6 Å². The van der Waals surface area contributed by atoms with Gasteiger partial charge in [0, 0.05) is 12.5 Å². The second-order valence-electron chi connectivity index (χ2n) is 5.33. The number of rotatable bonds is 1. The summed E-state index contributed by atoms with van der Waals surface area (Å²) in [7, 11) is 0. The molecule has 1 aliphatic rings. The van der Waals surface area contributed by atoms with E-state index in [1.807, 2.05) is 0 Å². The van der Waals surface area contributed by atoms with Crippen LogP contribution in [-0.4, -0.2) is 21.1 Å². The molecule has 2 heterocycles. The average Bonchev–Trinajstić information content (AvgIpc) is 2.75. The van der Waals surface area contributed by atoms with E-state index in [4.69, 9.17) is 4.74 Å². The molecule has 2 aromatic rings. The van der Waals surface area contributed by atoms with Gasteiger partial charge in [-0.2, -0.15) is 0 Å². The number of hydrogen-bond donors (Lipinski definition) is 0. The summed E-state index contributed by atoms with van der Waals surface area (Å²) in [6.45, 7) is 3.59. The second-order valence-corrected chi connectivity index (χ2v) is 5.33. The normalized spacial score (nSPS) is 16.7. The Morgan fingerprint density at radius 1 is 1.30 bits per heavy atom. The first-order chi connectivity index (χ1) is 9.37. The second kappa shape index (κ2) is 4.13. The van der Waals surface area contributed by atoms with Crippen LogP contribution in [-0.2, 0) is 11.2 Å². The number of carbonyl (C=O) groups is 1. The highest BCUT2D eigenvalue weighted by Gasteiger charge is 2.36. The molecule has 0 fully saturated rings. The Morgan fingerprint density at radius 2 is 2.05 bits per heavy atom. The standard InChI is InChI=1S/C14H12F2N2O2/c1-14(2)6-11-12(13(19)20-14)18(7-17-11)8-3-4-9(15)10(16)5-8/h3-5,7H,6H2,1-2H3. The summed E-state index contributed by atoms with van der Waals surface area (Å²) in [6.07, 6.45) is 1.89. The minimum absolute atomic E-state index is 0.260. The number of ether oxygens (including phenoxy) is 1. The monoisotopic (exact) mass is 278 g/mol. The number of esters is 1. The Labute approximate surface area is 114 Å². The number of cyclic esters (lactones) is 1. The van der Waals surface area contributed by atoms with E-state index in [0.29, 0.717) is 17.8 Å². The van der Waals surface area contributed by atoms with Crippen molar-refractivity contribution in [1.29, 1.82) is 0 Å². The topological polar surface area (TPSA) is 44.1 Å². The Morgan fingerprint density at radius 3 is 2.75 bits per heavy atom. The molecule has 20 heavy (non-hydrogen) atoms. The van der Waals surface area contributed by atoms with Crippen molar-refractivity contribution in [2.24, 2.45) is 0 Å². The van der Waals surface area contributed by atoms with Crippen LogP contribution in [0.5, 0.6) is 0 Å². The molecule has 0 radical (unpaired) electrons. The van der Waals surface area contributed by atoms with E-state index in [2.05, 4.69) is 4.98 Å². The number of nitrogens with zero attached hydrogens (tertiary/aromatic N) is 2. The van der Waals surface area contributed by atoms with Gasteiger partial charge in [0.1, 0.15) is 11.9 Å².